The van der Waals surface area contributed by atoms with Crippen LogP contribution in [0.1, 0.15) is 23.1 Å². The maximum atomic E-state index is 12.4. The number of rotatable bonds is 4. The maximum Gasteiger partial charge on any atom is 0.319 e. The van der Waals surface area contributed by atoms with Crippen LogP contribution >= 0.6 is 0 Å². The van der Waals surface area contributed by atoms with Crippen LogP contribution in [0.5, 0.6) is 0 Å². The molecule has 3 N–H and O–H groups in total. The number of methoxy groups -OCH3 is 1. The van der Waals surface area contributed by atoms with E-state index in [-0.39, 0.29) is 24.1 Å². The first-order valence-electron chi connectivity index (χ1n) is 6.98. The molecule has 1 aliphatic rings. The summed E-state index contributed by atoms with van der Waals surface area (Å²) in [6.45, 7) is 4.55. The second kappa shape index (κ2) is 6.57. The van der Waals surface area contributed by atoms with Crippen LogP contribution in [0.25, 0.3) is 0 Å². The highest BCUT2D eigenvalue weighted by molar-refractivity contribution is 5.97. The summed E-state index contributed by atoms with van der Waals surface area (Å²) in [5, 5.41) is 6.81. The van der Waals surface area contributed by atoms with E-state index < -0.39 is 0 Å². The fourth-order valence-electron chi connectivity index (χ4n) is 2.33. The van der Waals surface area contributed by atoms with Crippen molar-refractivity contribution in [1.82, 2.24) is 20.0 Å². The van der Waals surface area contributed by atoms with Gasteiger partial charge in [-0.1, -0.05) is 6.92 Å². The predicted octanol–water partition coefficient (Wildman–Crippen LogP) is -0.515. The quantitative estimate of drug-likeness (QED) is 0.725. The number of aromatic nitrogens is 2. The molecule has 2 rings (SSSR count). The SMILES string of the molecule is CCc1[nH]nc(C(=O)N2CCN(CC(=O)OC)CC2)c1N. The van der Waals surface area contributed by atoms with Gasteiger partial charge in [0.1, 0.15) is 0 Å². The van der Waals surface area contributed by atoms with Gasteiger partial charge in [0, 0.05) is 26.2 Å². The van der Waals surface area contributed by atoms with Crippen molar-refractivity contribution in [3.05, 3.63) is 11.4 Å². The number of hydrogen-bond donors (Lipinski definition) is 2. The molecule has 0 spiro atoms. The Morgan fingerprint density at radius 3 is 2.52 bits per heavy atom. The van der Waals surface area contributed by atoms with Gasteiger partial charge in [-0.15, -0.1) is 0 Å². The molecule has 0 bridgehead atoms. The Hall–Kier alpha value is -2.09. The molecule has 1 fully saturated rings. The zero-order chi connectivity index (χ0) is 15.4. The summed E-state index contributed by atoms with van der Waals surface area (Å²) in [6.07, 6.45) is 0.707. The summed E-state index contributed by atoms with van der Waals surface area (Å²) in [6, 6.07) is 0. The smallest absolute Gasteiger partial charge is 0.319 e. The van der Waals surface area contributed by atoms with Crippen LogP contribution in [0.15, 0.2) is 0 Å². The second-order valence-electron chi connectivity index (χ2n) is 4.96. The minimum atomic E-state index is -0.265. The molecule has 8 nitrogen and oxygen atoms in total. The number of hydrogen-bond acceptors (Lipinski definition) is 6. The van der Waals surface area contributed by atoms with Gasteiger partial charge in [0.25, 0.3) is 5.91 Å². The molecule has 0 aromatic carbocycles. The van der Waals surface area contributed by atoms with Crippen LogP contribution in [0.4, 0.5) is 5.69 Å². The zero-order valence-corrected chi connectivity index (χ0v) is 12.4. The predicted molar refractivity (Wildman–Crippen MR) is 76.7 cm³/mol. The Kier molecular flexibility index (Phi) is 4.79. The van der Waals surface area contributed by atoms with E-state index in [2.05, 4.69) is 14.9 Å². The number of H-pyrrole nitrogens is 1. The van der Waals surface area contributed by atoms with Gasteiger partial charge in [0.15, 0.2) is 5.69 Å². The third-order valence-electron chi connectivity index (χ3n) is 3.68. The lowest BCUT2D eigenvalue weighted by Crippen LogP contribution is -2.50. The van der Waals surface area contributed by atoms with Crippen LogP contribution in [-0.4, -0.2) is 71.7 Å². The number of aryl methyl sites for hydroxylation is 1. The molecule has 1 amide bonds. The maximum absolute atomic E-state index is 12.4. The number of esters is 1. The van der Waals surface area contributed by atoms with Crippen LogP contribution < -0.4 is 5.73 Å². The van der Waals surface area contributed by atoms with Gasteiger partial charge in [-0.25, -0.2) is 0 Å². The zero-order valence-electron chi connectivity index (χ0n) is 12.4. The van der Waals surface area contributed by atoms with E-state index in [0.29, 0.717) is 38.3 Å². The fourth-order valence-corrected chi connectivity index (χ4v) is 2.33. The van der Waals surface area contributed by atoms with Gasteiger partial charge in [0.05, 0.1) is 25.0 Å². The first-order chi connectivity index (χ1) is 10.1. The summed E-state index contributed by atoms with van der Waals surface area (Å²) in [5.41, 5.74) is 7.42. The summed E-state index contributed by atoms with van der Waals surface area (Å²) >= 11 is 0. The summed E-state index contributed by atoms with van der Waals surface area (Å²) in [4.78, 5) is 27.3. The Morgan fingerprint density at radius 1 is 1.33 bits per heavy atom. The molecule has 0 aliphatic carbocycles. The third-order valence-corrected chi connectivity index (χ3v) is 3.68. The average molecular weight is 295 g/mol. The first-order valence-corrected chi connectivity index (χ1v) is 6.98. The van der Waals surface area contributed by atoms with Crippen LogP contribution in [0.2, 0.25) is 0 Å². The van der Waals surface area contributed by atoms with Crippen molar-refractivity contribution >= 4 is 17.6 Å². The molecule has 116 valence electrons. The molecule has 0 radical (unpaired) electrons. The number of carbonyl (C=O) groups is 2. The number of piperazine rings is 1. The number of nitrogens with two attached hydrogens (primary N) is 1. The second-order valence-corrected chi connectivity index (χ2v) is 4.96. The van der Waals surface area contributed by atoms with Crippen molar-refractivity contribution in [1.29, 1.82) is 0 Å². The molecule has 0 atom stereocenters. The van der Waals surface area contributed by atoms with Gasteiger partial charge >= 0.3 is 5.97 Å². The lowest BCUT2D eigenvalue weighted by atomic mass is 10.2. The molecule has 21 heavy (non-hydrogen) atoms. The number of nitrogens with one attached hydrogen (secondary N) is 1. The standard InChI is InChI=1S/C13H21N5O3/c1-3-9-11(14)12(16-15-9)13(20)18-6-4-17(5-7-18)8-10(19)21-2/h3-8,14H2,1-2H3,(H,15,16). The van der Waals surface area contributed by atoms with E-state index in [1.165, 1.54) is 7.11 Å². The van der Waals surface area contributed by atoms with Crippen molar-refractivity contribution in [3.8, 4) is 0 Å². The van der Waals surface area contributed by atoms with Gasteiger partial charge in [-0.3, -0.25) is 19.6 Å². The van der Waals surface area contributed by atoms with E-state index in [1.54, 1.807) is 4.90 Å². The van der Waals surface area contributed by atoms with E-state index in [4.69, 9.17) is 5.73 Å². The molecule has 8 heteroatoms. The van der Waals surface area contributed by atoms with Gasteiger partial charge in [-0.05, 0) is 6.42 Å². The fraction of sp³-hybridized carbons (Fsp3) is 0.615. The van der Waals surface area contributed by atoms with Gasteiger partial charge in [-0.2, -0.15) is 5.10 Å². The molecular weight excluding hydrogens is 274 g/mol. The Labute approximate surface area is 123 Å². The molecule has 1 aromatic rings. The van der Waals surface area contributed by atoms with E-state index in [9.17, 15) is 9.59 Å². The van der Waals surface area contributed by atoms with E-state index >= 15 is 0 Å². The van der Waals surface area contributed by atoms with Gasteiger partial charge in [0.2, 0.25) is 0 Å². The van der Waals surface area contributed by atoms with Crippen molar-refractivity contribution < 1.29 is 14.3 Å². The minimum Gasteiger partial charge on any atom is -0.468 e. The molecule has 0 unspecified atom stereocenters. The normalized spacial score (nSPS) is 16.0. The van der Waals surface area contributed by atoms with Gasteiger partial charge < -0.3 is 15.4 Å². The van der Waals surface area contributed by atoms with Crippen LogP contribution in [0.3, 0.4) is 0 Å². The topological polar surface area (TPSA) is 105 Å². The molecule has 1 aromatic heterocycles. The molecule has 1 aliphatic heterocycles. The van der Waals surface area contributed by atoms with E-state index in [0.717, 1.165) is 5.69 Å². The average Bonchev–Trinajstić information content (AvgIpc) is 2.88. The summed E-state index contributed by atoms with van der Waals surface area (Å²) in [7, 11) is 1.37. The highest BCUT2D eigenvalue weighted by Gasteiger charge is 2.26. The number of carbonyl (C=O) groups excluding carboxylic acids is 2. The Bertz CT molecular complexity index is 520. The summed E-state index contributed by atoms with van der Waals surface area (Å²) < 4.78 is 4.64. The lowest BCUT2D eigenvalue weighted by molar-refractivity contribution is -0.142. The van der Waals surface area contributed by atoms with Crippen molar-refractivity contribution in [2.24, 2.45) is 0 Å². The first kappa shape index (κ1) is 15.3. The van der Waals surface area contributed by atoms with Crippen LogP contribution in [-0.2, 0) is 16.0 Å². The number of anilines is 1. The number of nitrogen functional groups attached to an aromatic ring is 1. The van der Waals surface area contributed by atoms with Crippen LogP contribution in [0, 0.1) is 0 Å². The highest BCUT2D eigenvalue weighted by Crippen LogP contribution is 2.17. The monoisotopic (exact) mass is 295 g/mol. The number of amides is 1. The molecule has 0 saturated carbocycles. The van der Waals surface area contributed by atoms with Crippen molar-refractivity contribution in [3.63, 3.8) is 0 Å². The largest absolute Gasteiger partial charge is 0.468 e. The minimum absolute atomic E-state index is 0.166. The molecule has 1 saturated heterocycles. The third kappa shape index (κ3) is 3.33. The van der Waals surface area contributed by atoms with Crippen molar-refractivity contribution in [2.45, 2.75) is 13.3 Å². The lowest BCUT2D eigenvalue weighted by Gasteiger charge is -2.33. The van der Waals surface area contributed by atoms with E-state index in [1.807, 2.05) is 11.8 Å². The molecule has 2 heterocycles. The number of aromatic amines is 1. The van der Waals surface area contributed by atoms with Crippen molar-refractivity contribution in [2.75, 3.05) is 45.6 Å². The number of nitrogens with zero attached hydrogens (tertiary/aromatic N) is 3. The highest BCUT2D eigenvalue weighted by atomic mass is 16.5. The summed E-state index contributed by atoms with van der Waals surface area (Å²) in [5.74, 6) is -0.430. The Balaban J connectivity index is 1.94. The number of ether oxygens (including phenoxy) is 1. The Morgan fingerprint density at radius 2 is 2.00 bits per heavy atom. The molecular formula is C13H21N5O3.